The number of carbonyl (C=O) groups excluding carboxylic acids is 1. The minimum absolute atomic E-state index is 0.367. The van der Waals surface area contributed by atoms with Crippen LogP contribution in [0.15, 0.2) is 36.5 Å². The molecule has 4 nitrogen and oxygen atoms in total. The molecule has 0 fully saturated rings. The number of carbonyl (C=O) groups is 1. The van der Waals surface area contributed by atoms with Gasteiger partial charge in [0.15, 0.2) is 0 Å². The molecule has 0 unspecified atom stereocenters. The van der Waals surface area contributed by atoms with Crippen molar-refractivity contribution in [2.75, 3.05) is 11.9 Å². The highest BCUT2D eigenvalue weighted by atomic mass is 35.5. The molecule has 0 saturated carbocycles. The fourth-order valence-corrected chi connectivity index (χ4v) is 2.02. The highest BCUT2D eigenvalue weighted by Crippen LogP contribution is 2.19. The lowest BCUT2D eigenvalue weighted by atomic mass is 10.1. The SMILES string of the molecule is CN(Cc1ccc(Cl)cc1C(N)=O)c1ccc(F)cn1. The van der Waals surface area contributed by atoms with Gasteiger partial charge in [0.1, 0.15) is 11.6 Å². The van der Waals surface area contributed by atoms with Gasteiger partial charge in [0.25, 0.3) is 0 Å². The second-order valence-corrected chi connectivity index (χ2v) is 4.79. The Morgan fingerprint density at radius 1 is 1.40 bits per heavy atom. The maximum atomic E-state index is 12.8. The quantitative estimate of drug-likeness (QED) is 0.942. The molecule has 6 heteroatoms. The fourth-order valence-electron chi connectivity index (χ4n) is 1.85. The zero-order chi connectivity index (χ0) is 14.7. The van der Waals surface area contributed by atoms with Crippen molar-refractivity contribution in [3.8, 4) is 0 Å². The molecule has 0 spiro atoms. The normalized spacial score (nSPS) is 10.3. The number of rotatable bonds is 4. The summed E-state index contributed by atoms with van der Waals surface area (Å²) in [6.07, 6.45) is 1.14. The van der Waals surface area contributed by atoms with Gasteiger partial charge in [-0.25, -0.2) is 9.37 Å². The van der Waals surface area contributed by atoms with Crippen molar-refractivity contribution in [1.29, 1.82) is 0 Å². The summed E-state index contributed by atoms with van der Waals surface area (Å²) in [5.74, 6) is -0.341. The van der Waals surface area contributed by atoms with Crippen LogP contribution in [-0.4, -0.2) is 17.9 Å². The van der Waals surface area contributed by atoms with Gasteiger partial charge in [0.2, 0.25) is 5.91 Å². The highest BCUT2D eigenvalue weighted by Gasteiger charge is 2.12. The molecule has 0 radical (unpaired) electrons. The third kappa shape index (κ3) is 3.24. The zero-order valence-corrected chi connectivity index (χ0v) is 11.6. The zero-order valence-electron chi connectivity index (χ0n) is 10.8. The molecular weight excluding hydrogens is 281 g/mol. The summed E-state index contributed by atoms with van der Waals surface area (Å²) in [6.45, 7) is 0.411. The molecule has 1 heterocycles. The molecule has 2 N–H and O–H groups in total. The average Bonchev–Trinajstić information content (AvgIpc) is 2.41. The van der Waals surface area contributed by atoms with Crippen LogP contribution < -0.4 is 10.6 Å². The second kappa shape index (κ2) is 5.88. The molecule has 0 aliphatic rings. The van der Waals surface area contributed by atoms with Crippen LogP contribution in [0.5, 0.6) is 0 Å². The van der Waals surface area contributed by atoms with Crippen LogP contribution in [0.4, 0.5) is 10.2 Å². The van der Waals surface area contributed by atoms with Gasteiger partial charge in [-0.3, -0.25) is 4.79 Å². The first-order valence-electron chi connectivity index (χ1n) is 5.88. The van der Waals surface area contributed by atoms with E-state index >= 15 is 0 Å². The number of benzene rings is 1. The van der Waals surface area contributed by atoms with Crippen molar-refractivity contribution in [2.45, 2.75) is 6.54 Å². The largest absolute Gasteiger partial charge is 0.366 e. The number of pyridine rings is 1. The van der Waals surface area contributed by atoms with Crippen molar-refractivity contribution < 1.29 is 9.18 Å². The van der Waals surface area contributed by atoms with Gasteiger partial charge in [0.05, 0.1) is 6.20 Å². The molecule has 2 aromatic rings. The Labute approximate surface area is 121 Å². The van der Waals surface area contributed by atoms with E-state index in [0.717, 1.165) is 11.8 Å². The topological polar surface area (TPSA) is 59.2 Å². The van der Waals surface area contributed by atoms with Crippen LogP contribution in [0.1, 0.15) is 15.9 Å². The Kier molecular flexibility index (Phi) is 4.20. The maximum Gasteiger partial charge on any atom is 0.249 e. The smallest absolute Gasteiger partial charge is 0.249 e. The van der Waals surface area contributed by atoms with Crippen molar-refractivity contribution in [2.24, 2.45) is 5.73 Å². The van der Waals surface area contributed by atoms with E-state index in [1.165, 1.54) is 12.1 Å². The van der Waals surface area contributed by atoms with Crippen molar-refractivity contribution >= 4 is 23.3 Å². The number of halogens is 2. The lowest BCUT2D eigenvalue weighted by Gasteiger charge is -2.19. The third-order valence-corrected chi connectivity index (χ3v) is 3.08. The van der Waals surface area contributed by atoms with E-state index in [4.69, 9.17) is 17.3 Å². The Balaban J connectivity index is 2.25. The first kappa shape index (κ1) is 14.3. The molecule has 0 aliphatic heterocycles. The van der Waals surface area contributed by atoms with E-state index < -0.39 is 11.7 Å². The van der Waals surface area contributed by atoms with E-state index in [2.05, 4.69) is 4.98 Å². The van der Waals surface area contributed by atoms with E-state index in [1.807, 2.05) is 0 Å². The molecule has 0 bridgehead atoms. The number of nitrogens with zero attached hydrogens (tertiary/aromatic N) is 2. The first-order valence-corrected chi connectivity index (χ1v) is 6.26. The summed E-state index contributed by atoms with van der Waals surface area (Å²) >= 11 is 5.86. The summed E-state index contributed by atoms with van der Waals surface area (Å²) < 4.78 is 12.8. The second-order valence-electron chi connectivity index (χ2n) is 4.36. The van der Waals surface area contributed by atoms with Crippen LogP contribution >= 0.6 is 11.6 Å². The van der Waals surface area contributed by atoms with E-state index in [0.29, 0.717) is 22.9 Å². The summed E-state index contributed by atoms with van der Waals surface area (Å²) in [7, 11) is 1.79. The monoisotopic (exact) mass is 293 g/mol. The molecule has 1 amide bonds. The van der Waals surface area contributed by atoms with Gasteiger partial charge in [-0.15, -0.1) is 0 Å². The van der Waals surface area contributed by atoms with Crippen LogP contribution in [0.25, 0.3) is 0 Å². The molecular formula is C14H13ClFN3O. The predicted octanol–water partition coefficient (Wildman–Crippen LogP) is 2.61. The van der Waals surface area contributed by atoms with Gasteiger partial charge in [-0.2, -0.15) is 0 Å². The van der Waals surface area contributed by atoms with Gasteiger partial charge >= 0.3 is 0 Å². The van der Waals surface area contributed by atoms with E-state index in [9.17, 15) is 9.18 Å². The number of amides is 1. The lowest BCUT2D eigenvalue weighted by molar-refractivity contribution is 0.0999. The number of aromatic nitrogens is 1. The minimum Gasteiger partial charge on any atom is -0.366 e. The van der Waals surface area contributed by atoms with Crippen molar-refractivity contribution in [3.63, 3.8) is 0 Å². The third-order valence-electron chi connectivity index (χ3n) is 2.85. The van der Waals surface area contributed by atoms with Crippen LogP contribution in [0.2, 0.25) is 5.02 Å². The molecule has 20 heavy (non-hydrogen) atoms. The Morgan fingerprint density at radius 2 is 2.15 bits per heavy atom. The van der Waals surface area contributed by atoms with Crippen LogP contribution in [0.3, 0.4) is 0 Å². The number of anilines is 1. The predicted molar refractivity (Wildman–Crippen MR) is 76.3 cm³/mol. The molecule has 2 rings (SSSR count). The van der Waals surface area contributed by atoms with Gasteiger partial charge in [-0.05, 0) is 29.8 Å². The van der Waals surface area contributed by atoms with Gasteiger partial charge in [0, 0.05) is 24.2 Å². The summed E-state index contributed by atoms with van der Waals surface area (Å²) in [5, 5.41) is 0.449. The molecule has 104 valence electrons. The average molecular weight is 294 g/mol. The first-order chi connectivity index (χ1) is 9.47. The molecule has 0 aliphatic carbocycles. The molecule has 1 aromatic carbocycles. The maximum absolute atomic E-state index is 12.8. The number of hydrogen-bond acceptors (Lipinski definition) is 3. The van der Waals surface area contributed by atoms with Crippen molar-refractivity contribution in [3.05, 3.63) is 58.5 Å². The number of nitrogens with two attached hydrogens (primary N) is 1. The fraction of sp³-hybridized carbons (Fsp3) is 0.143. The Morgan fingerprint density at radius 3 is 2.75 bits per heavy atom. The van der Waals surface area contributed by atoms with Crippen LogP contribution in [-0.2, 0) is 6.54 Å². The number of primary amides is 1. The summed E-state index contributed by atoms with van der Waals surface area (Å²) in [6, 6.07) is 7.85. The molecule has 0 atom stereocenters. The van der Waals surface area contributed by atoms with Gasteiger partial charge in [-0.1, -0.05) is 17.7 Å². The van der Waals surface area contributed by atoms with Crippen LogP contribution in [0, 0.1) is 5.82 Å². The molecule has 0 saturated heterocycles. The summed E-state index contributed by atoms with van der Waals surface area (Å²) in [4.78, 5) is 17.2. The number of hydrogen-bond donors (Lipinski definition) is 1. The minimum atomic E-state index is -0.539. The van der Waals surface area contributed by atoms with Crippen molar-refractivity contribution in [1.82, 2.24) is 4.98 Å². The van der Waals surface area contributed by atoms with E-state index in [1.54, 1.807) is 30.1 Å². The Hall–Kier alpha value is -2.14. The van der Waals surface area contributed by atoms with Gasteiger partial charge < -0.3 is 10.6 Å². The summed E-state index contributed by atoms with van der Waals surface area (Å²) in [5.41, 5.74) is 6.44. The Bertz CT molecular complexity index is 631. The lowest BCUT2D eigenvalue weighted by Crippen LogP contribution is -2.21. The molecule has 1 aromatic heterocycles. The van der Waals surface area contributed by atoms with E-state index in [-0.39, 0.29) is 0 Å². The highest BCUT2D eigenvalue weighted by molar-refractivity contribution is 6.31. The standard InChI is InChI=1S/C14H13ClFN3O/c1-19(13-5-4-11(16)7-18-13)8-9-2-3-10(15)6-12(9)14(17)20/h2-7H,8H2,1H3,(H2,17,20).